The summed E-state index contributed by atoms with van der Waals surface area (Å²) in [6.45, 7) is 0.375. The zero-order chi connectivity index (χ0) is 40.0. The molecule has 0 spiro atoms. The van der Waals surface area contributed by atoms with Gasteiger partial charge in [0, 0.05) is 63.0 Å². The van der Waals surface area contributed by atoms with Crippen molar-refractivity contribution in [2.75, 3.05) is 57.7 Å². The number of thiocarbonyl (C=S) groups is 1. The van der Waals surface area contributed by atoms with E-state index in [0.29, 0.717) is 18.7 Å². The highest BCUT2D eigenvalue weighted by atomic mass is 32.1. The van der Waals surface area contributed by atoms with Gasteiger partial charge in [-0.2, -0.15) is 0 Å². The number of benzene rings is 1. The number of nitrogens with zero attached hydrogens (tertiary/aromatic N) is 3. The molecule has 2 amide bonds. The highest BCUT2D eigenvalue weighted by molar-refractivity contribution is 7.80. The maximum absolute atomic E-state index is 12.6. The molecule has 1 aliphatic carbocycles. The van der Waals surface area contributed by atoms with Gasteiger partial charge in [-0.3, -0.25) is 33.9 Å². The minimum atomic E-state index is -2.01. The number of carboxylic acid groups (broad SMARTS) is 6. The Morgan fingerprint density at radius 3 is 2.00 bits per heavy atom. The van der Waals surface area contributed by atoms with Crippen LogP contribution in [0.3, 0.4) is 0 Å². The first-order chi connectivity index (χ1) is 25.4. The highest BCUT2D eigenvalue weighted by Crippen LogP contribution is 2.22. The normalized spacial score (nSPS) is 20.1. The molecule has 0 bridgehead atoms. The van der Waals surface area contributed by atoms with Gasteiger partial charge < -0.3 is 51.9 Å². The Morgan fingerprint density at radius 1 is 0.796 bits per heavy atom. The van der Waals surface area contributed by atoms with Gasteiger partial charge >= 0.3 is 41.8 Å². The third-order valence-corrected chi connectivity index (χ3v) is 8.73. The zero-order valence-electron chi connectivity index (χ0n) is 29.0. The molecule has 294 valence electrons. The maximum Gasteiger partial charge on any atom is 0.333 e. The summed E-state index contributed by atoms with van der Waals surface area (Å²) < 4.78 is 0. The number of hydrogen-bond acceptors (Lipinski definition) is 11. The van der Waals surface area contributed by atoms with E-state index in [9.17, 15) is 59.1 Å². The van der Waals surface area contributed by atoms with E-state index in [-0.39, 0.29) is 63.0 Å². The van der Waals surface area contributed by atoms with Gasteiger partial charge in [0.25, 0.3) is 0 Å². The molecule has 54 heavy (non-hydrogen) atoms. The van der Waals surface area contributed by atoms with E-state index in [1.54, 1.807) is 39.0 Å². The lowest BCUT2D eigenvalue weighted by atomic mass is 9.90. The smallest absolute Gasteiger partial charge is 0.333 e. The van der Waals surface area contributed by atoms with E-state index >= 15 is 0 Å². The number of amides is 2. The van der Waals surface area contributed by atoms with Crippen LogP contribution < -0.4 is 21.3 Å². The van der Waals surface area contributed by atoms with Crippen LogP contribution in [0.4, 0.5) is 10.5 Å². The molecule has 21 heteroatoms. The fourth-order valence-electron chi connectivity index (χ4n) is 5.94. The van der Waals surface area contributed by atoms with Crippen LogP contribution in [0.15, 0.2) is 48.2 Å². The van der Waals surface area contributed by atoms with Crippen molar-refractivity contribution in [3.63, 3.8) is 0 Å². The van der Waals surface area contributed by atoms with Crippen LogP contribution in [-0.2, 0) is 35.2 Å². The summed E-state index contributed by atoms with van der Waals surface area (Å²) in [5, 5.41) is 66.8. The van der Waals surface area contributed by atoms with E-state index in [0.717, 1.165) is 5.56 Å². The average molecular weight is 778 g/mol. The third-order valence-electron chi connectivity index (χ3n) is 8.53. The minimum absolute atomic E-state index is 0.0445. The van der Waals surface area contributed by atoms with Crippen LogP contribution in [-0.4, -0.2) is 162 Å². The number of urea groups is 1. The van der Waals surface area contributed by atoms with Gasteiger partial charge in [0.05, 0.1) is 19.6 Å². The van der Waals surface area contributed by atoms with Crippen molar-refractivity contribution in [3.8, 4) is 0 Å². The summed E-state index contributed by atoms with van der Waals surface area (Å²) in [6.07, 6.45) is 3.35. The van der Waals surface area contributed by atoms with Crippen molar-refractivity contribution in [1.82, 2.24) is 30.7 Å². The van der Waals surface area contributed by atoms with Crippen molar-refractivity contribution in [3.05, 3.63) is 53.8 Å². The van der Waals surface area contributed by atoms with Crippen LogP contribution in [0, 0.1) is 0 Å². The van der Waals surface area contributed by atoms with Crippen LogP contribution in [0.2, 0.25) is 0 Å². The highest BCUT2D eigenvalue weighted by Gasteiger charge is 2.40. The summed E-state index contributed by atoms with van der Waals surface area (Å²) in [5.74, 6) is -7.44. The molecule has 3 atom stereocenters. The molecule has 3 unspecified atom stereocenters. The van der Waals surface area contributed by atoms with E-state index in [2.05, 4.69) is 21.3 Å². The van der Waals surface area contributed by atoms with Crippen LogP contribution in [0.25, 0.3) is 0 Å². The number of allylic oxidation sites excluding steroid dienone is 1. The van der Waals surface area contributed by atoms with Crippen molar-refractivity contribution in [2.24, 2.45) is 0 Å². The molecule has 1 aromatic carbocycles. The van der Waals surface area contributed by atoms with E-state index in [4.69, 9.17) is 17.3 Å². The van der Waals surface area contributed by atoms with Gasteiger partial charge in [-0.15, -0.1) is 0 Å². The van der Waals surface area contributed by atoms with E-state index in [1.807, 2.05) is 0 Å². The molecule has 10 N–H and O–H groups in total. The third kappa shape index (κ3) is 14.1. The molecular formula is C33H43N7O13S. The molecule has 3 rings (SSSR count). The van der Waals surface area contributed by atoms with Gasteiger partial charge in [0.1, 0.15) is 6.04 Å². The first kappa shape index (κ1) is 42.8. The van der Waals surface area contributed by atoms with Gasteiger partial charge in [0.15, 0.2) is 10.7 Å². The average Bonchev–Trinajstić information content (AvgIpc) is 3.13. The zero-order valence-corrected chi connectivity index (χ0v) is 29.8. The fourth-order valence-corrected chi connectivity index (χ4v) is 6.17. The monoisotopic (exact) mass is 777 g/mol. The van der Waals surface area contributed by atoms with Crippen molar-refractivity contribution >= 4 is 64.9 Å². The molecule has 1 saturated heterocycles. The number of aliphatic carboxylic acids is 6. The predicted molar refractivity (Wildman–Crippen MR) is 193 cm³/mol. The van der Waals surface area contributed by atoms with Gasteiger partial charge in [-0.05, 0) is 54.9 Å². The minimum Gasteiger partial charge on any atom is -0.481 e. The first-order valence-corrected chi connectivity index (χ1v) is 17.0. The molecule has 0 radical (unpaired) electrons. The summed E-state index contributed by atoms with van der Waals surface area (Å²) >= 11 is 5.41. The Bertz CT molecular complexity index is 1650. The summed E-state index contributed by atoms with van der Waals surface area (Å²) in [6, 6.07) is 3.79. The fraction of sp³-hybridized carbons (Fsp3) is 0.455. The van der Waals surface area contributed by atoms with E-state index in [1.165, 1.54) is 18.2 Å². The van der Waals surface area contributed by atoms with Gasteiger partial charge in [0.2, 0.25) is 0 Å². The molecule has 1 heterocycles. The number of hydrogen-bond donors (Lipinski definition) is 10. The second-order valence-electron chi connectivity index (χ2n) is 12.7. The molecule has 0 aromatic heterocycles. The van der Waals surface area contributed by atoms with Crippen molar-refractivity contribution in [2.45, 2.75) is 43.3 Å². The second-order valence-corrected chi connectivity index (χ2v) is 13.1. The summed E-state index contributed by atoms with van der Waals surface area (Å²) in [7, 11) is 0. The topological polar surface area (TPSA) is 299 Å². The second kappa shape index (κ2) is 20.0. The largest absolute Gasteiger partial charge is 0.481 e. The first-order valence-electron chi connectivity index (χ1n) is 16.6. The number of nitrogens with one attached hydrogen (secondary N) is 4. The van der Waals surface area contributed by atoms with Crippen LogP contribution in [0.5, 0.6) is 0 Å². The van der Waals surface area contributed by atoms with Crippen molar-refractivity contribution < 1.29 is 64.2 Å². The number of carboxylic acids is 6. The number of anilines is 1. The van der Waals surface area contributed by atoms with Crippen LogP contribution in [0.1, 0.15) is 24.8 Å². The van der Waals surface area contributed by atoms with Gasteiger partial charge in [-0.25, -0.2) is 14.4 Å². The Balaban J connectivity index is 1.70. The molecule has 0 saturated carbocycles. The lowest BCUT2D eigenvalue weighted by Gasteiger charge is -2.33. The molecule has 20 nitrogen and oxygen atoms in total. The molecule has 1 aliphatic heterocycles. The summed E-state index contributed by atoms with van der Waals surface area (Å²) in [4.78, 5) is 87.1. The maximum atomic E-state index is 12.6. The quantitative estimate of drug-likeness (QED) is 0.0878. The molecule has 1 fully saturated rings. The summed E-state index contributed by atoms with van der Waals surface area (Å²) in [5.41, 5.74) is -0.509. The standard InChI is InChI=1S/C33H43N7O13S/c41-25(42)8-7-24(29(49)50)36-31(53)37-33(30(51)52)9-1-2-22(15-33)35-32(54)34-21-5-3-20(4-6-21)14-23-16-39(18-27(45)46)11-10-38(17-26(43)44)12-13-40(23)19-28(47)48/h1-6,15,23-24H,7-14,16-19H2,(H,41,42)(H,43,44)(H,45,46)(H,47,48)(H,49,50)(H,51,52)(H2,34,35,54)(H2,36,37,53). The van der Waals surface area contributed by atoms with E-state index < -0.39 is 72.3 Å². The predicted octanol–water partition coefficient (Wildman–Crippen LogP) is -0.658. The number of carbonyl (C=O) groups is 7. The lowest BCUT2D eigenvalue weighted by Crippen LogP contribution is -2.59. The Kier molecular flexibility index (Phi) is 15.8. The van der Waals surface area contributed by atoms with Crippen LogP contribution >= 0.6 is 12.2 Å². The molecule has 1 aromatic rings. The Hall–Kier alpha value is -5.64. The lowest BCUT2D eigenvalue weighted by molar-refractivity contribution is -0.142. The molecular weight excluding hydrogens is 734 g/mol. The number of rotatable bonds is 17. The van der Waals surface area contributed by atoms with Crippen molar-refractivity contribution in [1.29, 1.82) is 0 Å². The Labute approximate surface area is 314 Å². The number of carbonyl (C=O) groups excluding carboxylic acids is 1. The SMILES string of the molecule is O=C(O)CCC(NC(=O)NC1(C(=O)O)C=C(NC(=S)Nc2ccc(CC3CN(CC(=O)O)CCN(CC(=O)O)CCN3CC(=O)O)cc2)C=CC1)C(=O)O. The van der Waals surface area contributed by atoms with Gasteiger partial charge in [-0.1, -0.05) is 18.2 Å². The Morgan fingerprint density at radius 2 is 1.41 bits per heavy atom. The molecule has 2 aliphatic rings.